The lowest BCUT2D eigenvalue weighted by molar-refractivity contribution is 0.326. The molecule has 4 aromatic rings. The summed E-state index contributed by atoms with van der Waals surface area (Å²) in [6.07, 6.45) is 17.8. The summed E-state index contributed by atoms with van der Waals surface area (Å²) in [5.74, 6) is 0. The SMILES string of the molecule is C=C/C=C(\c1cc(-c2n[nH]/c(=C/C=C(\C)c3cncc(CCc4ccccc4)c3)c2=C)[nH]c1C)N1CCCCC1. The van der Waals surface area contributed by atoms with Gasteiger partial charge in [0.15, 0.2) is 0 Å². The second-order valence-electron chi connectivity index (χ2n) is 10.6. The van der Waals surface area contributed by atoms with Gasteiger partial charge in [0.25, 0.3) is 0 Å². The molecule has 1 aliphatic rings. The lowest BCUT2D eigenvalue weighted by atomic mass is 10.0. The van der Waals surface area contributed by atoms with Gasteiger partial charge in [0.2, 0.25) is 0 Å². The van der Waals surface area contributed by atoms with E-state index in [1.165, 1.54) is 41.6 Å². The molecule has 0 radical (unpaired) electrons. The number of aromatic nitrogens is 4. The molecule has 40 heavy (non-hydrogen) atoms. The van der Waals surface area contributed by atoms with Gasteiger partial charge in [-0.05, 0) is 92.5 Å². The minimum atomic E-state index is 0.841. The number of aryl methyl sites for hydroxylation is 3. The highest BCUT2D eigenvalue weighted by Crippen LogP contribution is 2.29. The lowest BCUT2D eigenvalue weighted by Crippen LogP contribution is -2.28. The van der Waals surface area contributed by atoms with Gasteiger partial charge < -0.3 is 9.88 Å². The van der Waals surface area contributed by atoms with Gasteiger partial charge >= 0.3 is 0 Å². The van der Waals surface area contributed by atoms with E-state index in [0.717, 1.165) is 64.7 Å². The largest absolute Gasteiger partial charge is 0.371 e. The van der Waals surface area contributed by atoms with E-state index < -0.39 is 0 Å². The van der Waals surface area contributed by atoms with Crippen LogP contribution in [0.3, 0.4) is 0 Å². The molecule has 1 aliphatic heterocycles. The van der Waals surface area contributed by atoms with Crippen molar-refractivity contribution in [2.45, 2.75) is 46.0 Å². The first-order valence-electron chi connectivity index (χ1n) is 14.2. The molecule has 2 N–H and O–H groups in total. The van der Waals surface area contributed by atoms with Crippen LogP contribution in [0.2, 0.25) is 0 Å². The molecule has 3 aromatic heterocycles. The number of hydrogen-bond donors (Lipinski definition) is 2. The van der Waals surface area contributed by atoms with Crippen LogP contribution in [0.1, 0.15) is 54.1 Å². The van der Waals surface area contributed by atoms with Crippen LogP contribution in [0, 0.1) is 6.92 Å². The van der Waals surface area contributed by atoms with Gasteiger partial charge in [0, 0.05) is 47.7 Å². The summed E-state index contributed by atoms with van der Waals surface area (Å²) in [4.78, 5) is 10.5. The highest BCUT2D eigenvalue weighted by Gasteiger charge is 2.19. The maximum absolute atomic E-state index is 4.63. The van der Waals surface area contributed by atoms with Crippen molar-refractivity contribution in [1.29, 1.82) is 0 Å². The summed E-state index contributed by atoms with van der Waals surface area (Å²) in [6, 6.07) is 15.0. The summed E-state index contributed by atoms with van der Waals surface area (Å²) in [7, 11) is 0. The first-order valence-corrected chi connectivity index (χ1v) is 14.2. The van der Waals surface area contributed by atoms with Crippen LogP contribution < -0.4 is 10.6 Å². The third-order valence-electron chi connectivity index (χ3n) is 7.71. The number of benzene rings is 1. The Morgan fingerprint density at radius 3 is 2.55 bits per heavy atom. The summed E-state index contributed by atoms with van der Waals surface area (Å²) in [5.41, 5.74) is 10.2. The van der Waals surface area contributed by atoms with Gasteiger partial charge in [-0.2, -0.15) is 5.10 Å². The van der Waals surface area contributed by atoms with Gasteiger partial charge in [0.05, 0.1) is 11.0 Å². The second kappa shape index (κ2) is 12.6. The van der Waals surface area contributed by atoms with Crippen molar-refractivity contribution >= 4 is 23.9 Å². The van der Waals surface area contributed by atoms with Crippen molar-refractivity contribution in [2.24, 2.45) is 0 Å². The van der Waals surface area contributed by atoms with Gasteiger partial charge in [-0.3, -0.25) is 10.1 Å². The first kappa shape index (κ1) is 27.2. The third kappa shape index (κ3) is 6.26. The van der Waals surface area contributed by atoms with E-state index in [0.29, 0.717) is 0 Å². The minimum Gasteiger partial charge on any atom is -0.371 e. The van der Waals surface area contributed by atoms with E-state index in [9.17, 15) is 0 Å². The van der Waals surface area contributed by atoms with Crippen molar-refractivity contribution in [3.63, 3.8) is 0 Å². The van der Waals surface area contributed by atoms with Crippen molar-refractivity contribution in [1.82, 2.24) is 25.1 Å². The molecule has 5 rings (SSSR count). The molecule has 0 spiro atoms. The fraction of sp³-hybridized carbons (Fsp3) is 0.257. The van der Waals surface area contributed by atoms with Crippen molar-refractivity contribution in [2.75, 3.05) is 13.1 Å². The van der Waals surface area contributed by atoms with Crippen LogP contribution in [-0.4, -0.2) is 38.2 Å². The highest BCUT2D eigenvalue weighted by atomic mass is 15.1. The molecule has 0 aliphatic carbocycles. The number of hydrogen-bond acceptors (Lipinski definition) is 3. The Balaban J connectivity index is 1.35. The zero-order valence-electron chi connectivity index (χ0n) is 23.7. The Hall–Kier alpha value is -4.38. The number of aromatic amines is 2. The van der Waals surface area contributed by atoms with Gasteiger partial charge in [-0.1, -0.05) is 55.6 Å². The minimum absolute atomic E-state index is 0.841. The van der Waals surface area contributed by atoms with Crippen LogP contribution in [0.25, 0.3) is 35.3 Å². The quantitative estimate of drug-likeness (QED) is 0.254. The number of nitrogens with zero attached hydrogens (tertiary/aromatic N) is 3. The fourth-order valence-electron chi connectivity index (χ4n) is 5.38. The molecule has 1 fully saturated rings. The summed E-state index contributed by atoms with van der Waals surface area (Å²) in [5, 5.41) is 9.59. The molecule has 0 saturated carbocycles. The molecule has 5 heteroatoms. The molecular formula is C35H39N5. The number of H-pyrrole nitrogens is 2. The van der Waals surface area contributed by atoms with Gasteiger partial charge in [-0.25, -0.2) is 0 Å². The monoisotopic (exact) mass is 529 g/mol. The number of piperidine rings is 1. The standard InChI is InChI=1S/C35H39N5/c1-5-12-34(40-19-10-7-11-20-40)31-22-33(37-27(31)4)35-26(3)32(38-39-35)18-15-25(2)30-21-29(23-36-24-30)17-16-28-13-8-6-9-14-28/h5-6,8-9,12-15,18,21-24,37-38H,1,3,7,10-11,16-17,19-20H2,2,4H3/b25-15+,32-18+,34-12+. The van der Waals surface area contributed by atoms with Crippen LogP contribution in [0.15, 0.2) is 79.7 Å². The average molecular weight is 530 g/mol. The number of pyridine rings is 1. The van der Waals surface area contributed by atoms with Crippen LogP contribution in [0.4, 0.5) is 0 Å². The van der Waals surface area contributed by atoms with E-state index >= 15 is 0 Å². The Morgan fingerprint density at radius 2 is 1.77 bits per heavy atom. The third-order valence-corrected chi connectivity index (χ3v) is 7.71. The Morgan fingerprint density at radius 1 is 1.00 bits per heavy atom. The van der Waals surface area contributed by atoms with Crippen molar-refractivity contribution in [3.05, 3.63) is 118 Å². The normalized spacial score (nSPS) is 15.1. The fourth-order valence-corrected chi connectivity index (χ4v) is 5.38. The molecular weight excluding hydrogens is 490 g/mol. The van der Waals surface area contributed by atoms with E-state index in [4.69, 9.17) is 0 Å². The topological polar surface area (TPSA) is 60.6 Å². The smallest absolute Gasteiger partial charge is 0.116 e. The zero-order valence-corrected chi connectivity index (χ0v) is 23.7. The zero-order chi connectivity index (χ0) is 27.9. The van der Waals surface area contributed by atoms with Gasteiger partial charge in [0.1, 0.15) is 5.69 Å². The number of nitrogens with one attached hydrogen (secondary N) is 2. The summed E-state index contributed by atoms with van der Waals surface area (Å²) in [6.45, 7) is 14.7. The van der Waals surface area contributed by atoms with Crippen molar-refractivity contribution in [3.8, 4) is 11.4 Å². The highest BCUT2D eigenvalue weighted by molar-refractivity contribution is 5.73. The summed E-state index contributed by atoms with van der Waals surface area (Å²) < 4.78 is 0. The number of rotatable bonds is 9. The predicted octanol–water partition coefficient (Wildman–Crippen LogP) is 6.20. The van der Waals surface area contributed by atoms with Gasteiger partial charge in [-0.15, -0.1) is 0 Å². The van der Waals surface area contributed by atoms with Crippen molar-refractivity contribution < 1.29 is 0 Å². The van der Waals surface area contributed by atoms with Crippen LogP contribution in [-0.2, 0) is 12.8 Å². The molecule has 0 bridgehead atoms. The van der Waals surface area contributed by atoms with E-state index in [1.54, 1.807) is 0 Å². The average Bonchev–Trinajstić information content (AvgIpc) is 3.56. The van der Waals surface area contributed by atoms with Crippen LogP contribution >= 0.6 is 0 Å². The van der Waals surface area contributed by atoms with E-state index in [1.807, 2.05) is 18.5 Å². The molecule has 204 valence electrons. The molecule has 4 heterocycles. The molecule has 0 unspecified atom stereocenters. The predicted molar refractivity (Wildman–Crippen MR) is 168 cm³/mol. The molecule has 0 atom stereocenters. The number of likely N-dealkylation sites (tertiary alicyclic amines) is 1. The maximum Gasteiger partial charge on any atom is 0.116 e. The number of allylic oxidation sites excluding steroid dienone is 4. The van der Waals surface area contributed by atoms with E-state index in [2.05, 4.69) is 113 Å². The summed E-state index contributed by atoms with van der Waals surface area (Å²) >= 11 is 0. The Kier molecular flexibility index (Phi) is 8.60. The maximum atomic E-state index is 4.63. The Bertz CT molecular complexity index is 1630. The molecule has 5 nitrogen and oxygen atoms in total. The Labute approximate surface area is 237 Å². The molecule has 0 amide bonds. The van der Waals surface area contributed by atoms with E-state index in [-0.39, 0.29) is 0 Å². The van der Waals surface area contributed by atoms with Crippen LogP contribution in [0.5, 0.6) is 0 Å². The lowest BCUT2D eigenvalue weighted by Gasteiger charge is -2.31. The second-order valence-corrected chi connectivity index (χ2v) is 10.6. The molecule has 1 saturated heterocycles. The first-order chi connectivity index (χ1) is 19.5. The molecule has 1 aromatic carbocycles.